The maximum absolute atomic E-state index is 6.11. The van der Waals surface area contributed by atoms with Crippen molar-refractivity contribution in [1.29, 1.82) is 0 Å². The Kier molecular flexibility index (Phi) is 2.19. The summed E-state index contributed by atoms with van der Waals surface area (Å²) in [6, 6.07) is 0. The molecule has 0 radical (unpaired) electrons. The molecule has 0 heterocycles. The van der Waals surface area contributed by atoms with E-state index < -0.39 is 0 Å². The van der Waals surface area contributed by atoms with E-state index in [2.05, 4.69) is 32.6 Å². The molecule has 0 unspecified atom stereocenters. The van der Waals surface area contributed by atoms with E-state index in [0.29, 0.717) is 5.92 Å². The van der Waals surface area contributed by atoms with Crippen molar-refractivity contribution in [2.75, 3.05) is 0 Å². The second kappa shape index (κ2) is 2.82. The summed E-state index contributed by atoms with van der Waals surface area (Å²) in [5, 5.41) is 0. The average Bonchev–Trinajstić information content (AvgIpc) is 1.85. The molecule has 1 heteroatoms. The highest BCUT2D eigenvalue weighted by atomic mass is 14.7. The van der Waals surface area contributed by atoms with E-state index >= 15 is 0 Å². The summed E-state index contributed by atoms with van der Waals surface area (Å²) in [6.07, 6.45) is 6.40. The van der Waals surface area contributed by atoms with Gasteiger partial charge in [-0.2, -0.15) is 0 Å². The summed E-state index contributed by atoms with van der Waals surface area (Å²) in [4.78, 5) is 0. The van der Waals surface area contributed by atoms with Crippen molar-refractivity contribution in [3.63, 3.8) is 0 Å². The van der Waals surface area contributed by atoms with Crippen LogP contribution in [-0.4, -0.2) is 5.54 Å². The Bertz CT molecular complexity index is 189. The average molecular weight is 151 g/mol. The molecular weight excluding hydrogens is 134 g/mol. The molecule has 0 aliphatic heterocycles. The van der Waals surface area contributed by atoms with E-state index in [1.807, 2.05) is 0 Å². The summed E-state index contributed by atoms with van der Waals surface area (Å²) < 4.78 is 0. The van der Waals surface area contributed by atoms with Crippen molar-refractivity contribution in [2.24, 2.45) is 11.7 Å². The molecule has 1 rings (SSSR count). The van der Waals surface area contributed by atoms with Gasteiger partial charge in [0.25, 0.3) is 0 Å². The van der Waals surface area contributed by atoms with Crippen LogP contribution in [0.3, 0.4) is 0 Å². The first-order chi connectivity index (χ1) is 5.04. The molecule has 62 valence electrons. The first-order valence-electron chi connectivity index (χ1n) is 4.13. The molecule has 1 nitrogen and oxygen atoms in total. The molecule has 0 spiro atoms. The molecule has 1 aliphatic rings. The molecule has 0 amide bonds. The predicted molar refractivity (Wildman–Crippen MR) is 49.3 cm³/mol. The smallest absolute Gasteiger partial charge is 0.0229 e. The van der Waals surface area contributed by atoms with Gasteiger partial charge in [0.05, 0.1) is 0 Å². The van der Waals surface area contributed by atoms with Gasteiger partial charge in [-0.25, -0.2) is 0 Å². The van der Waals surface area contributed by atoms with Gasteiger partial charge in [0.15, 0.2) is 0 Å². The van der Waals surface area contributed by atoms with E-state index in [0.717, 1.165) is 12.8 Å². The zero-order chi connectivity index (χ0) is 8.48. The normalized spacial score (nSPS) is 37.2. The Morgan fingerprint density at radius 3 is 2.64 bits per heavy atom. The molecule has 0 saturated heterocycles. The van der Waals surface area contributed by atoms with Gasteiger partial charge in [0.2, 0.25) is 0 Å². The van der Waals surface area contributed by atoms with Crippen LogP contribution in [0.2, 0.25) is 0 Å². The highest BCUT2D eigenvalue weighted by molar-refractivity contribution is 5.14. The number of nitrogens with two attached hydrogens (primary N) is 1. The Balaban J connectivity index is 2.78. The van der Waals surface area contributed by atoms with Gasteiger partial charge >= 0.3 is 0 Å². The maximum Gasteiger partial charge on any atom is 0.0229 e. The van der Waals surface area contributed by atoms with Crippen LogP contribution < -0.4 is 5.73 Å². The third kappa shape index (κ3) is 1.72. The zero-order valence-corrected chi connectivity index (χ0v) is 7.43. The van der Waals surface area contributed by atoms with Gasteiger partial charge in [-0.05, 0) is 26.7 Å². The van der Waals surface area contributed by atoms with E-state index in [4.69, 9.17) is 5.73 Å². The largest absolute Gasteiger partial charge is 0.325 e. The van der Waals surface area contributed by atoms with Crippen molar-refractivity contribution in [1.82, 2.24) is 0 Å². The number of hydrogen-bond acceptors (Lipinski definition) is 1. The van der Waals surface area contributed by atoms with Gasteiger partial charge in [-0.3, -0.25) is 0 Å². The van der Waals surface area contributed by atoms with Crippen LogP contribution in [0.4, 0.5) is 0 Å². The number of rotatable bonds is 1. The summed E-state index contributed by atoms with van der Waals surface area (Å²) in [5.74, 6) is 0.465. The fraction of sp³-hybridized carbons (Fsp3) is 0.600. The van der Waals surface area contributed by atoms with Crippen molar-refractivity contribution in [3.8, 4) is 0 Å². The second-order valence-electron chi connectivity index (χ2n) is 3.82. The first kappa shape index (κ1) is 8.54. The third-order valence-electron chi connectivity index (χ3n) is 2.49. The lowest BCUT2D eigenvalue weighted by Gasteiger charge is -2.36. The van der Waals surface area contributed by atoms with E-state index in [1.165, 1.54) is 5.57 Å². The molecule has 0 aromatic carbocycles. The predicted octanol–water partition coefficient (Wildman–Crippen LogP) is 2.25. The highest BCUT2D eigenvalue weighted by Crippen LogP contribution is 2.31. The zero-order valence-electron chi connectivity index (χ0n) is 7.43. The van der Waals surface area contributed by atoms with E-state index in [9.17, 15) is 0 Å². The molecule has 11 heavy (non-hydrogen) atoms. The molecule has 2 N–H and O–H groups in total. The first-order valence-corrected chi connectivity index (χ1v) is 4.13. The van der Waals surface area contributed by atoms with Crippen LogP contribution in [-0.2, 0) is 0 Å². The summed E-state index contributed by atoms with van der Waals surface area (Å²) in [5.41, 5.74) is 7.25. The Hall–Kier alpha value is -0.560. The number of hydrogen-bond donors (Lipinski definition) is 1. The van der Waals surface area contributed by atoms with E-state index in [1.54, 1.807) is 0 Å². The SMILES string of the molecule is C=C(C)[C@@H]1CC=CC[C@]1(C)N. The van der Waals surface area contributed by atoms with Gasteiger partial charge in [0.1, 0.15) is 0 Å². The Morgan fingerprint density at radius 2 is 2.27 bits per heavy atom. The Labute approximate surface area is 69.0 Å². The fourth-order valence-corrected chi connectivity index (χ4v) is 1.75. The minimum atomic E-state index is -0.0689. The molecule has 0 bridgehead atoms. The summed E-state index contributed by atoms with van der Waals surface area (Å²) >= 11 is 0. The van der Waals surface area contributed by atoms with Crippen LogP contribution >= 0.6 is 0 Å². The molecule has 2 atom stereocenters. The molecular formula is C10H17N. The topological polar surface area (TPSA) is 26.0 Å². The van der Waals surface area contributed by atoms with Crippen molar-refractivity contribution < 1.29 is 0 Å². The van der Waals surface area contributed by atoms with Crippen molar-refractivity contribution in [2.45, 2.75) is 32.2 Å². The van der Waals surface area contributed by atoms with Crippen LogP contribution in [0.15, 0.2) is 24.3 Å². The fourth-order valence-electron chi connectivity index (χ4n) is 1.75. The maximum atomic E-state index is 6.11. The molecule has 0 fully saturated rings. The van der Waals surface area contributed by atoms with Crippen LogP contribution in [0.5, 0.6) is 0 Å². The number of allylic oxidation sites excluding steroid dienone is 1. The van der Waals surface area contributed by atoms with Crippen molar-refractivity contribution >= 4 is 0 Å². The highest BCUT2D eigenvalue weighted by Gasteiger charge is 2.30. The van der Waals surface area contributed by atoms with Crippen LogP contribution in [0, 0.1) is 5.92 Å². The van der Waals surface area contributed by atoms with Crippen LogP contribution in [0.25, 0.3) is 0 Å². The Morgan fingerprint density at radius 1 is 1.64 bits per heavy atom. The minimum Gasteiger partial charge on any atom is -0.325 e. The lowest BCUT2D eigenvalue weighted by atomic mass is 9.75. The summed E-state index contributed by atoms with van der Waals surface area (Å²) in [6.45, 7) is 8.13. The summed E-state index contributed by atoms with van der Waals surface area (Å²) in [7, 11) is 0. The van der Waals surface area contributed by atoms with E-state index in [-0.39, 0.29) is 5.54 Å². The lowest BCUT2D eigenvalue weighted by molar-refractivity contribution is 0.327. The third-order valence-corrected chi connectivity index (χ3v) is 2.49. The molecule has 0 saturated carbocycles. The molecule has 0 aromatic rings. The van der Waals surface area contributed by atoms with Gasteiger partial charge in [0, 0.05) is 11.5 Å². The molecule has 0 aromatic heterocycles. The van der Waals surface area contributed by atoms with Gasteiger partial charge < -0.3 is 5.73 Å². The van der Waals surface area contributed by atoms with Crippen LogP contribution in [0.1, 0.15) is 26.7 Å². The minimum absolute atomic E-state index is 0.0689. The standard InChI is InChI=1S/C10H17N/c1-8(2)9-6-4-5-7-10(9,3)11/h4-5,9H,1,6-7,11H2,2-3H3/t9-,10-/m0/s1. The lowest BCUT2D eigenvalue weighted by Crippen LogP contribution is -2.45. The quantitative estimate of drug-likeness (QED) is 0.571. The van der Waals surface area contributed by atoms with Gasteiger partial charge in [-0.1, -0.05) is 24.3 Å². The van der Waals surface area contributed by atoms with Crippen molar-refractivity contribution in [3.05, 3.63) is 24.3 Å². The second-order valence-corrected chi connectivity index (χ2v) is 3.82. The van der Waals surface area contributed by atoms with Gasteiger partial charge in [-0.15, -0.1) is 0 Å². The monoisotopic (exact) mass is 151 g/mol. The molecule has 1 aliphatic carbocycles.